The summed E-state index contributed by atoms with van der Waals surface area (Å²) in [4.78, 5) is 19.0. The molecule has 0 atom stereocenters. The standard InChI is InChI=1S/C22H28N4O/c1-3-23-21(27)19-11-9-17(10-12-19)15-25-22(24-4-2)26-14-13-18-7-5-6-8-20(18)16-26/h5-12H,3-4,13-16H2,1-2H3,(H,23,27)(H,24,25). The molecule has 0 aromatic heterocycles. The molecule has 5 heteroatoms. The van der Waals surface area contributed by atoms with Crippen molar-refractivity contribution in [2.45, 2.75) is 33.4 Å². The zero-order valence-corrected chi connectivity index (χ0v) is 16.2. The van der Waals surface area contributed by atoms with Crippen LogP contribution in [-0.4, -0.2) is 36.4 Å². The lowest BCUT2D eigenvalue weighted by Crippen LogP contribution is -2.44. The highest BCUT2D eigenvalue weighted by Gasteiger charge is 2.18. The number of fused-ring (bicyclic) bond motifs is 1. The quantitative estimate of drug-likeness (QED) is 0.633. The van der Waals surface area contributed by atoms with Crippen LogP contribution in [0.2, 0.25) is 0 Å². The largest absolute Gasteiger partial charge is 0.356 e. The van der Waals surface area contributed by atoms with Crippen molar-refractivity contribution in [2.75, 3.05) is 19.6 Å². The van der Waals surface area contributed by atoms with Crippen molar-refractivity contribution in [3.8, 4) is 0 Å². The van der Waals surface area contributed by atoms with Crippen LogP contribution in [0.3, 0.4) is 0 Å². The highest BCUT2D eigenvalue weighted by atomic mass is 16.1. The Morgan fingerprint density at radius 3 is 2.41 bits per heavy atom. The lowest BCUT2D eigenvalue weighted by Gasteiger charge is -2.31. The maximum Gasteiger partial charge on any atom is 0.251 e. The fourth-order valence-electron chi connectivity index (χ4n) is 3.29. The Balaban J connectivity index is 1.68. The van der Waals surface area contributed by atoms with Gasteiger partial charge in [0, 0.05) is 31.7 Å². The molecule has 2 aromatic rings. The van der Waals surface area contributed by atoms with Crippen molar-refractivity contribution in [2.24, 2.45) is 4.99 Å². The van der Waals surface area contributed by atoms with Gasteiger partial charge in [0.2, 0.25) is 0 Å². The van der Waals surface area contributed by atoms with Gasteiger partial charge in [0.1, 0.15) is 0 Å². The smallest absolute Gasteiger partial charge is 0.251 e. The Morgan fingerprint density at radius 2 is 1.70 bits per heavy atom. The first-order chi connectivity index (χ1) is 13.2. The van der Waals surface area contributed by atoms with Crippen LogP contribution in [0.5, 0.6) is 0 Å². The molecule has 0 bridgehead atoms. The van der Waals surface area contributed by atoms with Gasteiger partial charge in [-0.2, -0.15) is 0 Å². The number of nitrogens with one attached hydrogen (secondary N) is 2. The van der Waals surface area contributed by atoms with Gasteiger partial charge in [0.25, 0.3) is 5.91 Å². The molecule has 5 nitrogen and oxygen atoms in total. The molecule has 3 rings (SSSR count). The van der Waals surface area contributed by atoms with Gasteiger partial charge in [-0.15, -0.1) is 0 Å². The van der Waals surface area contributed by atoms with Crippen LogP contribution in [0.15, 0.2) is 53.5 Å². The average Bonchev–Trinajstić information content (AvgIpc) is 2.71. The van der Waals surface area contributed by atoms with Crippen molar-refractivity contribution in [3.63, 3.8) is 0 Å². The SMILES string of the molecule is CCNC(=O)c1ccc(CN=C(NCC)N2CCc3ccccc3C2)cc1. The first-order valence-electron chi connectivity index (χ1n) is 9.68. The number of rotatable bonds is 5. The number of benzene rings is 2. The zero-order chi connectivity index (χ0) is 19.1. The maximum absolute atomic E-state index is 11.9. The summed E-state index contributed by atoms with van der Waals surface area (Å²) in [6, 6.07) is 16.3. The number of hydrogen-bond acceptors (Lipinski definition) is 2. The number of nitrogens with zero attached hydrogens (tertiary/aromatic N) is 2. The normalized spacial score (nSPS) is 13.9. The highest BCUT2D eigenvalue weighted by molar-refractivity contribution is 5.94. The molecule has 2 N–H and O–H groups in total. The second-order valence-electron chi connectivity index (χ2n) is 6.67. The molecule has 0 fully saturated rings. The van der Waals surface area contributed by atoms with E-state index in [2.05, 4.69) is 46.7 Å². The van der Waals surface area contributed by atoms with Crippen LogP contribution < -0.4 is 10.6 Å². The van der Waals surface area contributed by atoms with E-state index in [1.165, 1.54) is 11.1 Å². The van der Waals surface area contributed by atoms with E-state index in [4.69, 9.17) is 4.99 Å². The Morgan fingerprint density at radius 1 is 1.00 bits per heavy atom. The van der Waals surface area contributed by atoms with Crippen molar-refractivity contribution < 1.29 is 4.79 Å². The molecule has 0 aliphatic carbocycles. The van der Waals surface area contributed by atoms with E-state index in [1.54, 1.807) is 0 Å². The maximum atomic E-state index is 11.9. The van der Waals surface area contributed by atoms with Crippen molar-refractivity contribution in [1.29, 1.82) is 0 Å². The molecule has 2 aromatic carbocycles. The molecular formula is C22H28N4O. The summed E-state index contributed by atoms with van der Waals surface area (Å²) >= 11 is 0. The predicted octanol–water partition coefficient (Wildman–Crippen LogP) is 2.96. The van der Waals surface area contributed by atoms with E-state index in [1.807, 2.05) is 31.2 Å². The summed E-state index contributed by atoms with van der Waals surface area (Å²) < 4.78 is 0. The van der Waals surface area contributed by atoms with Crippen LogP contribution in [0.25, 0.3) is 0 Å². The van der Waals surface area contributed by atoms with E-state index in [0.717, 1.165) is 37.6 Å². The minimum absolute atomic E-state index is 0.0344. The van der Waals surface area contributed by atoms with Gasteiger partial charge in [-0.25, -0.2) is 4.99 Å². The molecule has 0 saturated carbocycles. The third-order valence-corrected chi connectivity index (χ3v) is 4.73. The van der Waals surface area contributed by atoms with E-state index < -0.39 is 0 Å². The zero-order valence-electron chi connectivity index (χ0n) is 16.2. The summed E-state index contributed by atoms with van der Waals surface area (Å²) in [6.45, 7) is 7.94. The summed E-state index contributed by atoms with van der Waals surface area (Å²) in [5.74, 6) is 0.910. The fraction of sp³-hybridized carbons (Fsp3) is 0.364. The third-order valence-electron chi connectivity index (χ3n) is 4.73. The fourth-order valence-corrected chi connectivity index (χ4v) is 3.29. The van der Waals surface area contributed by atoms with E-state index in [-0.39, 0.29) is 5.91 Å². The molecule has 142 valence electrons. The van der Waals surface area contributed by atoms with E-state index in [9.17, 15) is 4.79 Å². The number of hydrogen-bond donors (Lipinski definition) is 2. The van der Waals surface area contributed by atoms with Crippen LogP contribution in [0.1, 0.15) is 40.9 Å². The van der Waals surface area contributed by atoms with Gasteiger partial charge < -0.3 is 15.5 Å². The van der Waals surface area contributed by atoms with Gasteiger partial charge in [0.05, 0.1) is 6.54 Å². The van der Waals surface area contributed by atoms with Crippen LogP contribution in [0.4, 0.5) is 0 Å². The van der Waals surface area contributed by atoms with Gasteiger partial charge >= 0.3 is 0 Å². The lowest BCUT2D eigenvalue weighted by molar-refractivity contribution is 0.0956. The molecule has 0 radical (unpaired) electrons. The first kappa shape index (κ1) is 19.0. The molecular weight excluding hydrogens is 336 g/mol. The highest BCUT2D eigenvalue weighted by Crippen LogP contribution is 2.18. The Labute approximate surface area is 161 Å². The van der Waals surface area contributed by atoms with Crippen molar-refractivity contribution >= 4 is 11.9 Å². The summed E-state index contributed by atoms with van der Waals surface area (Å²) in [5.41, 5.74) is 4.59. The molecule has 1 amide bonds. The van der Waals surface area contributed by atoms with Crippen molar-refractivity contribution in [3.05, 3.63) is 70.8 Å². The topological polar surface area (TPSA) is 56.7 Å². The minimum atomic E-state index is -0.0344. The van der Waals surface area contributed by atoms with Crippen LogP contribution in [-0.2, 0) is 19.5 Å². The predicted molar refractivity (Wildman–Crippen MR) is 110 cm³/mol. The average molecular weight is 364 g/mol. The van der Waals surface area contributed by atoms with E-state index in [0.29, 0.717) is 18.7 Å². The Kier molecular flexibility index (Phi) is 6.47. The first-order valence-corrected chi connectivity index (χ1v) is 9.68. The number of carbonyl (C=O) groups is 1. The Hall–Kier alpha value is -2.82. The number of aliphatic imine (C=N–C) groups is 1. The molecule has 1 aliphatic heterocycles. The van der Waals surface area contributed by atoms with E-state index >= 15 is 0 Å². The van der Waals surface area contributed by atoms with Gasteiger partial charge in [-0.05, 0) is 49.1 Å². The Bertz CT molecular complexity index is 798. The summed E-state index contributed by atoms with van der Waals surface area (Å²) in [5, 5.41) is 6.23. The lowest BCUT2D eigenvalue weighted by atomic mass is 10.0. The monoisotopic (exact) mass is 364 g/mol. The molecule has 0 saturated heterocycles. The van der Waals surface area contributed by atoms with Crippen molar-refractivity contribution in [1.82, 2.24) is 15.5 Å². The third kappa shape index (κ3) is 4.88. The summed E-state index contributed by atoms with van der Waals surface area (Å²) in [6.07, 6.45) is 1.04. The minimum Gasteiger partial charge on any atom is -0.356 e. The number of amides is 1. The molecule has 27 heavy (non-hydrogen) atoms. The summed E-state index contributed by atoms with van der Waals surface area (Å²) in [7, 11) is 0. The molecule has 0 unspecified atom stereocenters. The second-order valence-corrected chi connectivity index (χ2v) is 6.67. The van der Waals surface area contributed by atoms with Gasteiger partial charge in [0.15, 0.2) is 5.96 Å². The molecule has 1 heterocycles. The van der Waals surface area contributed by atoms with Crippen LogP contribution in [0, 0.1) is 0 Å². The molecule has 0 spiro atoms. The van der Waals surface area contributed by atoms with Crippen LogP contribution >= 0.6 is 0 Å². The number of guanidine groups is 1. The van der Waals surface area contributed by atoms with Gasteiger partial charge in [-0.3, -0.25) is 4.79 Å². The second kappa shape index (κ2) is 9.21. The molecule has 1 aliphatic rings. The van der Waals surface area contributed by atoms with Gasteiger partial charge in [-0.1, -0.05) is 36.4 Å². The number of carbonyl (C=O) groups excluding carboxylic acids is 1.